The van der Waals surface area contributed by atoms with Gasteiger partial charge in [0.25, 0.3) is 11.1 Å². The number of nitrogens with zero attached hydrogens (tertiary/aromatic N) is 7. The van der Waals surface area contributed by atoms with Crippen LogP contribution in [0.2, 0.25) is 0 Å². The largest absolute Gasteiger partial charge is 0.385 e. The van der Waals surface area contributed by atoms with Gasteiger partial charge in [-0.3, -0.25) is 47.9 Å². The van der Waals surface area contributed by atoms with Gasteiger partial charge in [-0.1, -0.05) is 12.1 Å². The maximum Gasteiger partial charge on any atom is 0.336 e. The highest BCUT2D eigenvalue weighted by Gasteiger charge is 2.35. The number of rotatable bonds is 12. The van der Waals surface area contributed by atoms with Crippen LogP contribution in [-0.2, 0) is 21.4 Å². The van der Waals surface area contributed by atoms with Crippen LogP contribution in [0.5, 0.6) is 0 Å². The molecular weight excluding hydrogens is 892 g/mol. The Kier molecular flexibility index (Phi) is 13.2. The molecule has 3 saturated heterocycles. The fourth-order valence-electron chi connectivity index (χ4n) is 11.3. The first kappa shape index (κ1) is 47.1. The number of nitrogens with one attached hydrogen (secondary N) is 3. The van der Waals surface area contributed by atoms with E-state index >= 15 is 4.39 Å². The predicted octanol–water partition coefficient (Wildman–Crippen LogP) is 5.88. The van der Waals surface area contributed by atoms with E-state index in [9.17, 15) is 28.8 Å². The fourth-order valence-corrected chi connectivity index (χ4v) is 11.3. The molecule has 1 unspecified atom stereocenters. The second-order valence-corrected chi connectivity index (χ2v) is 20.4. The molecule has 17 heteroatoms. The van der Waals surface area contributed by atoms with Crippen molar-refractivity contribution in [2.24, 2.45) is 24.8 Å². The van der Waals surface area contributed by atoms with E-state index in [-0.39, 0.29) is 63.6 Å². The lowest BCUT2D eigenvalue weighted by molar-refractivity contribution is -0.139. The van der Waals surface area contributed by atoms with Crippen molar-refractivity contribution in [1.82, 2.24) is 33.8 Å². The zero-order valence-corrected chi connectivity index (χ0v) is 40.3. The van der Waals surface area contributed by atoms with Crippen LogP contribution in [0.1, 0.15) is 92.9 Å². The SMILES string of the molecule is Cc1ccc(Nc2c3c(=O)n(C4CC4)c(=O)n(-c4cccc(NCC5CCC(C(=O)N6CCN(CC7CCN(c8cc(C9CCC(=O)NC9=O)ccn8)CC7)CC6)CC5)c4)c3c(C)c(=O)n2C)c(F)c1. The Balaban J connectivity index is 0.729. The summed E-state index contributed by atoms with van der Waals surface area (Å²) in [7, 11) is 1.54. The molecule has 0 spiro atoms. The number of imide groups is 1. The summed E-state index contributed by atoms with van der Waals surface area (Å²) in [6.07, 6.45) is 9.66. The Morgan fingerprint density at radius 1 is 0.814 bits per heavy atom. The number of pyridine rings is 2. The van der Waals surface area contributed by atoms with Crippen molar-refractivity contribution < 1.29 is 18.8 Å². The summed E-state index contributed by atoms with van der Waals surface area (Å²) in [5.74, 6) is 0.949. The van der Waals surface area contributed by atoms with Crippen LogP contribution in [0.4, 0.5) is 27.4 Å². The van der Waals surface area contributed by atoms with E-state index < -0.39 is 22.6 Å². The molecule has 70 heavy (non-hydrogen) atoms. The molecule has 368 valence electrons. The molecule has 0 bridgehead atoms. The minimum absolute atomic E-state index is 0.0256. The van der Waals surface area contributed by atoms with Crippen LogP contribution in [0, 0.1) is 37.4 Å². The van der Waals surface area contributed by atoms with Gasteiger partial charge in [0.15, 0.2) is 0 Å². The molecule has 1 atom stereocenters. The molecule has 5 aliphatic rings. The topological polar surface area (TPSA) is 176 Å². The van der Waals surface area contributed by atoms with Gasteiger partial charge in [-0.25, -0.2) is 14.2 Å². The number of aryl methyl sites for hydroxylation is 2. The first-order valence-electron chi connectivity index (χ1n) is 25.1. The van der Waals surface area contributed by atoms with Crippen LogP contribution in [0.15, 0.2) is 75.2 Å². The van der Waals surface area contributed by atoms with Crippen LogP contribution in [-0.4, -0.2) is 98.6 Å². The van der Waals surface area contributed by atoms with Crippen LogP contribution in [0.3, 0.4) is 0 Å². The quantitative estimate of drug-likeness (QED) is 0.127. The number of fused-ring (bicyclic) bond motifs is 1. The van der Waals surface area contributed by atoms with Gasteiger partial charge in [0.1, 0.15) is 22.8 Å². The average molecular weight is 955 g/mol. The third-order valence-electron chi connectivity index (χ3n) is 15.6. The van der Waals surface area contributed by atoms with Gasteiger partial charge < -0.3 is 20.4 Å². The first-order chi connectivity index (χ1) is 33.8. The van der Waals surface area contributed by atoms with Crippen molar-refractivity contribution >= 4 is 51.6 Å². The number of piperidine rings is 2. The second kappa shape index (κ2) is 19.6. The van der Waals surface area contributed by atoms with Crippen molar-refractivity contribution in [2.45, 2.75) is 90.0 Å². The smallest absolute Gasteiger partial charge is 0.336 e. The lowest BCUT2D eigenvalue weighted by Gasteiger charge is -2.40. The van der Waals surface area contributed by atoms with Gasteiger partial charge in [-0.05, 0) is 137 Å². The molecule has 3 aromatic heterocycles. The molecule has 3 aliphatic heterocycles. The summed E-state index contributed by atoms with van der Waals surface area (Å²) >= 11 is 0. The molecule has 5 fully saturated rings. The van der Waals surface area contributed by atoms with Gasteiger partial charge in [-0.2, -0.15) is 0 Å². The standard InChI is InChI=1S/C53H63FN10O6/c1-32-7-15-43(42(54)27-32)57-48-46-47(33(2)50(67)59(48)3)63(53(70)64(52(46)69)39-12-13-39)40-6-4-5-38(29-40)56-30-34-8-10-36(11-9-34)51(68)62-25-23-60(24-26-62)31-35-18-21-61(22-19-35)44-28-37(17-20-55-44)41-14-16-45(65)58-49(41)66/h4-7,15,17,20,27-29,34-36,39,41,56-57H,8-14,16,18-19,21-26,30-31H2,1-3H3,(H,58,65,66). The lowest BCUT2D eigenvalue weighted by Crippen LogP contribution is -2.52. The fraction of sp³-hybridized carbons (Fsp3) is 0.491. The number of carbonyl (C=O) groups excluding carboxylic acids is 3. The number of halogens is 1. The Bertz CT molecular complexity index is 3030. The maximum absolute atomic E-state index is 15.2. The van der Waals surface area contributed by atoms with Crippen molar-refractivity contribution in [3.63, 3.8) is 0 Å². The van der Waals surface area contributed by atoms with Crippen molar-refractivity contribution in [2.75, 3.05) is 67.9 Å². The first-order valence-corrected chi connectivity index (χ1v) is 25.1. The van der Waals surface area contributed by atoms with Crippen LogP contribution in [0.25, 0.3) is 16.6 Å². The molecule has 3 N–H and O–H groups in total. The van der Waals surface area contributed by atoms with Gasteiger partial charge in [-0.15, -0.1) is 0 Å². The van der Waals surface area contributed by atoms with Crippen molar-refractivity contribution in [3.8, 4) is 5.69 Å². The molecule has 5 aromatic rings. The van der Waals surface area contributed by atoms with E-state index in [4.69, 9.17) is 0 Å². The minimum atomic E-state index is -0.528. The molecule has 16 nitrogen and oxygen atoms in total. The second-order valence-electron chi connectivity index (χ2n) is 20.4. The number of hydrogen-bond acceptors (Lipinski definition) is 11. The van der Waals surface area contributed by atoms with E-state index in [2.05, 4.69) is 35.6 Å². The number of piperazine rings is 1. The summed E-state index contributed by atoms with van der Waals surface area (Å²) in [4.78, 5) is 91.9. The van der Waals surface area contributed by atoms with E-state index in [0.717, 1.165) is 107 Å². The van der Waals surface area contributed by atoms with Crippen LogP contribution >= 0.6 is 0 Å². The van der Waals surface area contributed by atoms with E-state index in [1.807, 2.05) is 30.3 Å². The molecule has 2 saturated carbocycles. The Labute approximate surface area is 405 Å². The molecular formula is C53H63FN10O6. The number of hydrogen-bond donors (Lipinski definition) is 3. The van der Waals surface area contributed by atoms with Crippen molar-refractivity contribution in [1.29, 1.82) is 0 Å². The highest BCUT2D eigenvalue weighted by molar-refractivity contribution is 6.01. The normalized spacial score (nSPS) is 21.5. The summed E-state index contributed by atoms with van der Waals surface area (Å²) in [5, 5.41) is 9.22. The monoisotopic (exact) mass is 954 g/mol. The lowest BCUT2D eigenvalue weighted by atomic mass is 9.81. The zero-order chi connectivity index (χ0) is 48.8. The predicted molar refractivity (Wildman–Crippen MR) is 268 cm³/mol. The third-order valence-corrected chi connectivity index (χ3v) is 15.6. The van der Waals surface area contributed by atoms with E-state index in [1.165, 1.54) is 26.8 Å². The molecule has 3 amide bonds. The zero-order valence-electron chi connectivity index (χ0n) is 40.3. The van der Waals surface area contributed by atoms with Gasteiger partial charge >= 0.3 is 5.69 Å². The molecule has 10 rings (SSSR count). The summed E-state index contributed by atoms with van der Waals surface area (Å²) < 4.78 is 19.2. The van der Waals surface area contributed by atoms with E-state index in [1.54, 1.807) is 38.2 Å². The summed E-state index contributed by atoms with van der Waals surface area (Å²) in [5.41, 5.74) is 2.00. The third kappa shape index (κ3) is 9.51. The van der Waals surface area contributed by atoms with Gasteiger partial charge in [0.05, 0.1) is 22.8 Å². The molecule has 0 radical (unpaired) electrons. The number of aromatic nitrogens is 4. The highest BCUT2D eigenvalue weighted by Crippen LogP contribution is 2.36. The molecule has 6 heterocycles. The van der Waals surface area contributed by atoms with Gasteiger partial charge in [0, 0.05) is 95.2 Å². The Morgan fingerprint density at radius 3 is 2.29 bits per heavy atom. The highest BCUT2D eigenvalue weighted by atomic mass is 19.1. The number of carbonyl (C=O) groups is 3. The van der Waals surface area contributed by atoms with Gasteiger partial charge in [0.2, 0.25) is 17.7 Å². The molecule has 2 aromatic carbocycles. The van der Waals surface area contributed by atoms with Crippen molar-refractivity contribution in [3.05, 3.63) is 114 Å². The number of anilines is 4. The summed E-state index contributed by atoms with van der Waals surface area (Å²) in [6.45, 7) is 10.2. The number of amides is 3. The maximum atomic E-state index is 15.2. The number of benzene rings is 2. The summed E-state index contributed by atoms with van der Waals surface area (Å²) in [6, 6.07) is 15.8. The average Bonchev–Trinajstić information content (AvgIpc) is 4.21. The Morgan fingerprint density at radius 2 is 1.57 bits per heavy atom. The van der Waals surface area contributed by atoms with Crippen LogP contribution < -0.4 is 37.7 Å². The minimum Gasteiger partial charge on any atom is -0.385 e. The molecule has 2 aliphatic carbocycles. The van der Waals surface area contributed by atoms with E-state index in [0.29, 0.717) is 49.8 Å². The Hall–Kier alpha value is -6.62.